The molecule has 13 heavy (non-hydrogen) atoms. The van der Waals surface area contributed by atoms with Crippen LogP contribution < -0.4 is 0 Å². The van der Waals surface area contributed by atoms with E-state index in [4.69, 9.17) is 4.74 Å². The molecule has 0 radical (unpaired) electrons. The van der Waals surface area contributed by atoms with Crippen molar-refractivity contribution in [2.24, 2.45) is 0 Å². The summed E-state index contributed by atoms with van der Waals surface area (Å²) in [4.78, 5) is 15.1. The van der Waals surface area contributed by atoms with Gasteiger partial charge in [-0.2, -0.15) is 0 Å². The second kappa shape index (κ2) is 3.14. The van der Waals surface area contributed by atoms with Crippen molar-refractivity contribution in [3.05, 3.63) is 30.1 Å². The monoisotopic (exact) mass is 179 g/mol. The summed E-state index contributed by atoms with van der Waals surface area (Å²) in [6.45, 7) is 0. The van der Waals surface area contributed by atoms with Crippen molar-refractivity contribution < 1.29 is 14.3 Å². The quantitative estimate of drug-likeness (QED) is 0.495. The van der Waals surface area contributed by atoms with Crippen LogP contribution in [0.1, 0.15) is 11.8 Å². The van der Waals surface area contributed by atoms with Crippen molar-refractivity contribution in [2.75, 3.05) is 7.11 Å². The summed E-state index contributed by atoms with van der Waals surface area (Å²) in [5, 5.41) is 0. The van der Waals surface area contributed by atoms with Gasteiger partial charge in [0.1, 0.15) is 6.10 Å². The van der Waals surface area contributed by atoms with Gasteiger partial charge in [0.15, 0.2) is 6.10 Å². The van der Waals surface area contributed by atoms with Crippen molar-refractivity contribution in [2.45, 2.75) is 12.2 Å². The second-order valence-electron chi connectivity index (χ2n) is 2.76. The fourth-order valence-electron chi connectivity index (χ4n) is 1.18. The molecule has 2 atom stereocenters. The molecular weight excluding hydrogens is 170 g/mol. The fraction of sp³-hybridized carbons (Fsp3) is 0.333. The minimum Gasteiger partial charge on any atom is -0.467 e. The fourth-order valence-corrected chi connectivity index (χ4v) is 1.18. The number of epoxide rings is 1. The highest BCUT2D eigenvalue weighted by Crippen LogP contribution is 2.37. The van der Waals surface area contributed by atoms with Gasteiger partial charge in [-0.1, -0.05) is 6.07 Å². The minimum atomic E-state index is -0.458. The van der Waals surface area contributed by atoms with Crippen LogP contribution in [-0.2, 0) is 14.3 Å². The minimum absolute atomic E-state index is 0.214. The summed E-state index contributed by atoms with van der Waals surface area (Å²) in [5.74, 6) is -0.337. The Balaban J connectivity index is 2.04. The van der Waals surface area contributed by atoms with Gasteiger partial charge in [0.05, 0.1) is 12.8 Å². The molecule has 2 heterocycles. The van der Waals surface area contributed by atoms with Gasteiger partial charge in [-0.25, -0.2) is 4.79 Å². The Hall–Kier alpha value is -1.42. The van der Waals surface area contributed by atoms with E-state index in [1.54, 1.807) is 6.20 Å². The Kier molecular flexibility index (Phi) is 1.98. The first-order valence-corrected chi connectivity index (χ1v) is 3.97. The first kappa shape index (κ1) is 8.19. The normalized spacial score (nSPS) is 25.3. The lowest BCUT2D eigenvalue weighted by Gasteiger charge is -1.93. The molecule has 4 heteroatoms. The summed E-state index contributed by atoms with van der Waals surface area (Å²) in [6, 6.07) is 5.50. The third-order valence-corrected chi connectivity index (χ3v) is 1.90. The number of pyridine rings is 1. The maximum Gasteiger partial charge on any atom is 0.338 e. The third-order valence-electron chi connectivity index (χ3n) is 1.90. The highest BCUT2D eigenvalue weighted by molar-refractivity contribution is 5.78. The predicted octanol–water partition coefficient (Wildman–Crippen LogP) is 0.694. The molecule has 0 unspecified atom stereocenters. The number of methoxy groups -OCH3 is 1. The Bertz CT molecular complexity index is 312. The molecular formula is C9H9NO3. The van der Waals surface area contributed by atoms with E-state index < -0.39 is 6.10 Å². The summed E-state index contributed by atoms with van der Waals surface area (Å²) >= 11 is 0. The highest BCUT2D eigenvalue weighted by Gasteiger charge is 2.48. The van der Waals surface area contributed by atoms with E-state index in [0.29, 0.717) is 0 Å². The number of hydrogen-bond donors (Lipinski definition) is 0. The van der Waals surface area contributed by atoms with Crippen molar-refractivity contribution >= 4 is 5.97 Å². The Morgan fingerprint density at radius 1 is 1.62 bits per heavy atom. The van der Waals surface area contributed by atoms with E-state index in [1.807, 2.05) is 18.2 Å². The van der Waals surface area contributed by atoms with Crippen molar-refractivity contribution in [3.8, 4) is 0 Å². The molecule has 0 spiro atoms. The third kappa shape index (κ3) is 1.53. The molecule has 68 valence electrons. The van der Waals surface area contributed by atoms with Crippen LogP contribution in [0.5, 0.6) is 0 Å². The molecule has 1 saturated heterocycles. The van der Waals surface area contributed by atoms with Gasteiger partial charge < -0.3 is 9.47 Å². The van der Waals surface area contributed by atoms with E-state index in [2.05, 4.69) is 9.72 Å². The van der Waals surface area contributed by atoms with Crippen LogP contribution in [0.2, 0.25) is 0 Å². The Morgan fingerprint density at radius 3 is 3.08 bits per heavy atom. The number of hydrogen-bond acceptors (Lipinski definition) is 4. The van der Waals surface area contributed by atoms with Crippen molar-refractivity contribution in [1.29, 1.82) is 0 Å². The number of nitrogens with zero attached hydrogens (tertiary/aromatic N) is 1. The zero-order valence-corrected chi connectivity index (χ0v) is 7.14. The zero-order valence-electron chi connectivity index (χ0n) is 7.14. The smallest absolute Gasteiger partial charge is 0.338 e. The molecule has 0 amide bonds. The van der Waals surface area contributed by atoms with E-state index in [-0.39, 0.29) is 12.1 Å². The summed E-state index contributed by atoms with van der Waals surface area (Å²) in [5.41, 5.74) is 0.776. The average molecular weight is 179 g/mol. The van der Waals surface area contributed by atoms with Gasteiger partial charge >= 0.3 is 5.97 Å². The topological polar surface area (TPSA) is 51.7 Å². The van der Waals surface area contributed by atoms with Crippen LogP contribution in [0.3, 0.4) is 0 Å². The van der Waals surface area contributed by atoms with Crippen molar-refractivity contribution in [1.82, 2.24) is 4.98 Å². The van der Waals surface area contributed by atoms with Crippen LogP contribution in [0, 0.1) is 0 Å². The Labute approximate surface area is 75.5 Å². The number of carbonyl (C=O) groups is 1. The number of rotatable bonds is 2. The number of ether oxygens (including phenoxy) is 2. The second-order valence-corrected chi connectivity index (χ2v) is 2.76. The SMILES string of the molecule is COC(=O)[C@H]1O[C@H]1c1ccccn1. The predicted molar refractivity (Wildman–Crippen MR) is 43.9 cm³/mol. The van der Waals surface area contributed by atoms with Crippen LogP contribution in [0.15, 0.2) is 24.4 Å². The number of esters is 1. The van der Waals surface area contributed by atoms with Gasteiger partial charge in [-0.3, -0.25) is 4.98 Å². The van der Waals surface area contributed by atoms with E-state index in [0.717, 1.165) is 5.69 Å². The van der Waals surface area contributed by atoms with Gasteiger partial charge in [0, 0.05) is 6.20 Å². The molecule has 1 fully saturated rings. The maximum atomic E-state index is 11.0. The number of carbonyl (C=O) groups excluding carboxylic acids is 1. The molecule has 1 aliphatic rings. The molecule has 0 saturated carbocycles. The molecule has 4 nitrogen and oxygen atoms in total. The summed E-state index contributed by atoms with van der Waals surface area (Å²) < 4.78 is 9.65. The zero-order chi connectivity index (χ0) is 9.26. The van der Waals surface area contributed by atoms with Crippen LogP contribution in [0.4, 0.5) is 0 Å². The van der Waals surface area contributed by atoms with Gasteiger partial charge in [-0.05, 0) is 12.1 Å². The molecule has 0 aliphatic carbocycles. The molecule has 0 N–H and O–H groups in total. The van der Waals surface area contributed by atoms with E-state index in [1.165, 1.54) is 7.11 Å². The molecule has 0 aromatic carbocycles. The lowest BCUT2D eigenvalue weighted by Crippen LogP contribution is -2.09. The molecule has 0 bridgehead atoms. The Morgan fingerprint density at radius 2 is 2.46 bits per heavy atom. The largest absolute Gasteiger partial charge is 0.467 e. The number of aromatic nitrogens is 1. The summed E-state index contributed by atoms with van der Waals surface area (Å²) in [7, 11) is 1.35. The molecule has 1 aromatic rings. The van der Waals surface area contributed by atoms with Crippen LogP contribution in [-0.4, -0.2) is 24.2 Å². The first-order chi connectivity index (χ1) is 6.33. The molecule has 1 aromatic heterocycles. The molecule has 1 aliphatic heterocycles. The standard InChI is InChI=1S/C9H9NO3/c1-12-9(11)8-7(13-8)6-4-2-3-5-10-6/h2-5,7-8H,1H3/t7-,8-/m0/s1. The highest BCUT2D eigenvalue weighted by atomic mass is 16.6. The summed E-state index contributed by atoms with van der Waals surface area (Å²) in [6.07, 6.45) is 0.999. The first-order valence-electron chi connectivity index (χ1n) is 3.97. The van der Waals surface area contributed by atoms with Crippen LogP contribution in [0.25, 0.3) is 0 Å². The van der Waals surface area contributed by atoms with E-state index in [9.17, 15) is 4.79 Å². The lowest BCUT2D eigenvalue weighted by atomic mass is 10.2. The van der Waals surface area contributed by atoms with Crippen LogP contribution >= 0.6 is 0 Å². The molecule has 2 rings (SSSR count). The van der Waals surface area contributed by atoms with Gasteiger partial charge in [0.2, 0.25) is 0 Å². The lowest BCUT2D eigenvalue weighted by molar-refractivity contribution is -0.142. The maximum absolute atomic E-state index is 11.0. The van der Waals surface area contributed by atoms with Gasteiger partial charge in [-0.15, -0.1) is 0 Å². The van der Waals surface area contributed by atoms with Gasteiger partial charge in [0.25, 0.3) is 0 Å². The van der Waals surface area contributed by atoms with E-state index >= 15 is 0 Å². The van der Waals surface area contributed by atoms with Crippen molar-refractivity contribution in [3.63, 3.8) is 0 Å². The average Bonchev–Trinajstić information content (AvgIpc) is 2.98.